The molecule has 0 bridgehead atoms. The first-order chi connectivity index (χ1) is 13.3. The molecule has 0 aliphatic carbocycles. The summed E-state index contributed by atoms with van der Waals surface area (Å²) in [6.45, 7) is 3.38. The third-order valence-corrected chi connectivity index (χ3v) is 4.59. The number of rotatable bonds is 3. The molecule has 6 nitrogen and oxygen atoms in total. The molecule has 8 heteroatoms. The van der Waals surface area contributed by atoms with Crippen molar-refractivity contribution in [1.29, 1.82) is 0 Å². The highest BCUT2D eigenvalue weighted by Crippen LogP contribution is 2.17. The lowest BCUT2D eigenvalue weighted by molar-refractivity contribution is -0.130. The highest BCUT2D eigenvalue weighted by atomic mass is 19.1. The smallest absolute Gasteiger partial charge is 0.255 e. The van der Waals surface area contributed by atoms with E-state index >= 15 is 0 Å². The summed E-state index contributed by atoms with van der Waals surface area (Å²) in [6.07, 6.45) is 0. The third-order valence-electron chi connectivity index (χ3n) is 4.59. The second kappa shape index (κ2) is 8.16. The zero-order chi connectivity index (χ0) is 20.3. The summed E-state index contributed by atoms with van der Waals surface area (Å²) in [5.74, 6) is -2.37. The lowest BCUT2D eigenvalue weighted by atomic mass is 10.1. The number of amides is 3. The Morgan fingerprint density at radius 1 is 0.857 bits per heavy atom. The molecule has 1 aliphatic heterocycles. The Labute approximate surface area is 160 Å². The second-order valence-corrected chi connectivity index (χ2v) is 6.45. The summed E-state index contributed by atoms with van der Waals surface area (Å²) in [7, 11) is 0. The third kappa shape index (κ3) is 4.33. The number of halogens is 2. The summed E-state index contributed by atoms with van der Waals surface area (Å²) in [5, 5.41) is 2.37. The standard InChI is InChI=1S/C20H19F2N3O3/c1-13(26)24-8-10-25(11-9-24)20(28)15-4-2-14(3-5-15)19(27)23-18-7-6-16(21)12-17(18)22/h2-7,12H,8-11H2,1H3,(H,23,27). The lowest BCUT2D eigenvalue weighted by Crippen LogP contribution is -2.50. The van der Waals surface area contributed by atoms with Crippen LogP contribution in [0.5, 0.6) is 0 Å². The van der Waals surface area contributed by atoms with Crippen LogP contribution in [0.25, 0.3) is 0 Å². The Morgan fingerprint density at radius 3 is 2.00 bits per heavy atom. The summed E-state index contributed by atoms with van der Waals surface area (Å²) in [6, 6.07) is 8.85. The van der Waals surface area contributed by atoms with Gasteiger partial charge in [0, 0.05) is 50.3 Å². The number of carbonyl (C=O) groups excluding carboxylic acids is 3. The highest BCUT2D eigenvalue weighted by Gasteiger charge is 2.23. The molecule has 146 valence electrons. The van der Waals surface area contributed by atoms with Gasteiger partial charge in [0.05, 0.1) is 5.69 Å². The molecule has 0 aromatic heterocycles. The van der Waals surface area contributed by atoms with Crippen molar-refractivity contribution in [3.8, 4) is 0 Å². The maximum atomic E-state index is 13.7. The largest absolute Gasteiger partial charge is 0.339 e. The molecule has 1 heterocycles. The summed E-state index contributed by atoms with van der Waals surface area (Å²) >= 11 is 0. The van der Waals surface area contributed by atoms with Gasteiger partial charge in [-0.05, 0) is 36.4 Å². The van der Waals surface area contributed by atoms with E-state index < -0.39 is 17.5 Å². The molecule has 1 aliphatic rings. The average molecular weight is 387 g/mol. The molecule has 2 aromatic rings. The zero-order valence-electron chi connectivity index (χ0n) is 15.2. The average Bonchev–Trinajstić information content (AvgIpc) is 2.69. The predicted octanol–water partition coefficient (Wildman–Crippen LogP) is 2.52. The van der Waals surface area contributed by atoms with Crippen LogP contribution in [0.15, 0.2) is 42.5 Å². The zero-order valence-corrected chi connectivity index (χ0v) is 15.2. The molecule has 1 saturated heterocycles. The fraction of sp³-hybridized carbons (Fsp3) is 0.250. The lowest BCUT2D eigenvalue weighted by Gasteiger charge is -2.34. The Balaban J connectivity index is 1.63. The van der Waals surface area contributed by atoms with Gasteiger partial charge in [0.15, 0.2) is 0 Å². The van der Waals surface area contributed by atoms with Gasteiger partial charge in [-0.15, -0.1) is 0 Å². The first-order valence-corrected chi connectivity index (χ1v) is 8.76. The van der Waals surface area contributed by atoms with E-state index in [4.69, 9.17) is 0 Å². The van der Waals surface area contributed by atoms with E-state index in [9.17, 15) is 23.2 Å². The Bertz CT molecular complexity index is 907. The topological polar surface area (TPSA) is 69.7 Å². The summed E-state index contributed by atoms with van der Waals surface area (Å²) in [4.78, 5) is 39.5. The SMILES string of the molecule is CC(=O)N1CCN(C(=O)c2ccc(C(=O)Nc3ccc(F)cc3F)cc2)CC1. The van der Waals surface area contributed by atoms with Crippen molar-refractivity contribution in [1.82, 2.24) is 9.80 Å². The Hall–Kier alpha value is -3.29. The molecule has 28 heavy (non-hydrogen) atoms. The number of piperazine rings is 1. The van der Waals surface area contributed by atoms with Crippen LogP contribution in [-0.4, -0.2) is 53.7 Å². The van der Waals surface area contributed by atoms with Gasteiger partial charge < -0.3 is 15.1 Å². The van der Waals surface area contributed by atoms with E-state index in [-0.39, 0.29) is 23.1 Å². The van der Waals surface area contributed by atoms with E-state index in [0.29, 0.717) is 37.8 Å². The number of hydrogen-bond acceptors (Lipinski definition) is 3. The van der Waals surface area contributed by atoms with Gasteiger partial charge in [0.1, 0.15) is 11.6 Å². The molecular formula is C20H19F2N3O3. The number of carbonyl (C=O) groups is 3. The van der Waals surface area contributed by atoms with Crippen LogP contribution in [-0.2, 0) is 4.79 Å². The van der Waals surface area contributed by atoms with Crippen molar-refractivity contribution in [2.75, 3.05) is 31.5 Å². The van der Waals surface area contributed by atoms with Gasteiger partial charge in [0.25, 0.3) is 11.8 Å². The molecule has 3 amide bonds. The first-order valence-electron chi connectivity index (χ1n) is 8.76. The maximum Gasteiger partial charge on any atom is 0.255 e. The van der Waals surface area contributed by atoms with Crippen molar-refractivity contribution >= 4 is 23.4 Å². The fourth-order valence-corrected chi connectivity index (χ4v) is 2.96. The number of anilines is 1. The molecule has 3 rings (SSSR count). The van der Waals surface area contributed by atoms with Crippen LogP contribution in [0.2, 0.25) is 0 Å². The molecular weight excluding hydrogens is 368 g/mol. The van der Waals surface area contributed by atoms with Crippen LogP contribution < -0.4 is 5.32 Å². The van der Waals surface area contributed by atoms with E-state index in [1.165, 1.54) is 31.2 Å². The van der Waals surface area contributed by atoms with Gasteiger partial charge in [-0.3, -0.25) is 14.4 Å². The minimum Gasteiger partial charge on any atom is -0.339 e. The van der Waals surface area contributed by atoms with Crippen molar-refractivity contribution in [3.63, 3.8) is 0 Å². The van der Waals surface area contributed by atoms with Crippen LogP contribution in [0.4, 0.5) is 14.5 Å². The summed E-state index contributed by atoms with van der Waals surface area (Å²) in [5.41, 5.74) is 0.525. The van der Waals surface area contributed by atoms with Gasteiger partial charge in [-0.2, -0.15) is 0 Å². The van der Waals surface area contributed by atoms with Crippen molar-refractivity contribution in [3.05, 3.63) is 65.2 Å². The van der Waals surface area contributed by atoms with E-state index in [1.807, 2.05) is 0 Å². The number of hydrogen-bond donors (Lipinski definition) is 1. The van der Waals surface area contributed by atoms with Gasteiger partial charge >= 0.3 is 0 Å². The predicted molar refractivity (Wildman–Crippen MR) is 98.9 cm³/mol. The van der Waals surface area contributed by atoms with Crippen LogP contribution >= 0.6 is 0 Å². The minimum atomic E-state index is -0.871. The minimum absolute atomic E-state index is 0.0138. The van der Waals surface area contributed by atoms with E-state index in [2.05, 4.69) is 5.32 Å². The second-order valence-electron chi connectivity index (χ2n) is 6.45. The van der Waals surface area contributed by atoms with E-state index in [1.54, 1.807) is 9.80 Å². The van der Waals surface area contributed by atoms with Crippen LogP contribution in [0.3, 0.4) is 0 Å². The number of benzene rings is 2. The summed E-state index contributed by atoms with van der Waals surface area (Å²) < 4.78 is 26.6. The molecule has 0 unspecified atom stereocenters. The highest BCUT2D eigenvalue weighted by molar-refractivity contribution is 6.05. The Kier molecular flexibility index (Phi) is 5.67. The molecule has 0 atom stereocenters. The maximum absolute atomic E-state index is 13.7. The molecule has 0 spiro atoms. The fourth-order valence-electron chi connectivity index (χ4n) is 2.96. The Morgan fingerprint density at radius 2 is 1.43 bits per heavy atom. The van der Waals surface area contributed by atoms with Gasteiger partial charge in [-0.1, -0.05) is 0 Å². The molecule has 1 fully saturated rings. The monoisotopic (exact) mass is 387 g/mol. The van der Waals surface area contributed by atoms with Crippen molar-refractivity contribution in [2.45, 2.75) is 6.92 Å². The van der Waals surface area contributed by atoms with Crippen molar-refractivity contribution in [2.24, 2.45) is 0 Å². The molecule has 0 radical (unpaired) electrons. The van der Waals surface area contributed by atoms with Gasteiger partial charge in [-0.25, -0.2) is 8.78 Å². The van der Waals surface area contributed by atoms with E-state index in [0.717, 1.165) is 12.1 Å². The van der Waals surface area contributed by atoms with Crippen LogP contribution in [0.1, 0.15) is 27.6 Å². The normalized spacial score (nSPS) is 14.0. The van der Waals surface area contributed by atoms with Gasteiger partial charge in [0.2, 0.25) is 5.91 Å². The quantitative estimate of drug-likeness (QED) is 0.880. The van der Waals surface area contributed by atoms with Crippen molar-refractivity contribution < 1.29 is 23.2 Å². The number of nitrogens with zero attached hydrogens (tertiary/aromatic N) is 2. The first kappa shape index (κ1) is 19.5. The van der Waals surface area contributed by atoms with Crippen LogP contribution in [0, 0.1) is 11.6 Å². The molecule has 0 saturated carbocycles. The number of nitrogens with one attached hydrogen (secondary N) is 1. The molecule has 1 N–H and O–H groups in total. The molecule has 2 aromatic carbocycles.